The molecule has 0 radical (unpaired) electrons. The standard InChI is InChI=1S/C16H13FINO2/c17-10-5-6-14(13(18)9-10)19-16(20)12-7-8-21-15-4-2-1-3-11(12)15/h1-6,9,12H,7-8H2,(H,19,20). The summed E-state index contributed by atoms with van der Waals surface area (Å²) in [5.74, 6) is 0.123. The summed E-state index contributed by atoms with van der Waals surface area (Å²) in [5.41, 5.74) is 1.53. The zero-order valence-corrected chi connectivity index (χ0v) is 13.3. The number of fused-ring (bicyclic) bond motifs is 1. The van der Waals surface area contributed by atoms with Gasteiger partial charge in [0.05, 0.1) is 18.2 Å². The van der Waals surface area contributed by atoms with Crippen molar-refractivity contribution in [3.63, 3.8) is 0 Å². The van der Waals surface area contributed by atoms with Gasteiger partial charge in [0, 0.05) is 9.13 Å². The Bertz CT molecular complexity index is 690. The fraction of sp³-hybridized carbons (Fsp3) is 0.188. The summed E-state index contributed by atoms with van der Waals surface area (Å²) in [6.45, 7) is 0.523. The van der Waals surface area contributed by atoms with Crippen molar-refractivity contribution in [3.8, 4) is 5.75 Å². The molecule has 0 saturated carbocycles. The van der Waals surface area contributed by atoms with Crippen LogP contribution in [0.5, 0.6) is 5.75 Å². The molecule has 2 aromatic carbocycles. The van der Waals surface area contributed by atoms with E-state index in [0.717, 1.165) is 11.3 Å². The molecule has 5 heteroatoms. The van der Waals surface area contributed by atoms with E-state index in [2.05, 4.69) is 5.32 Å². The van der Waals surface area contributed by atoms with Crippen LogP contribution >= 0.6 is 22.6 Å². The molecule has 1 atom stereocenters. The molecule has 108 valence electrons. The number of halogens is 2. The first-order valence-corrected chi connectivity index (χ1v) is 7.70. The highest BCUT2D eigenvalue weighted by Crippen LogP contribution is 2.34. The average Bonchev–Trinajstić information content (AvgIpc) is 2.49. The van der Waals surface area contributed by atoms with Gasteiger partial charge in [0.15, 0.2) is 0 Å². The molecule has 1 unspecified atom stereocenters. The Balaban J connectivity index is 1.83. The fourth-order valence-electron chi connectivity index (χ4n) is 2.43. The van der Waals surface area contributed by atoms with Crippen LogP contribution in [0.4, 0.5) is 10.1 Å². The monoisotopic (exact) mass is 397 g/mol. The van der Waals surface area contributed by atoms with Crippen LogP contribution in [0.2, 0.25) is 0 Å². The predicted octanol–water partition coefficient (Wildman–Crippen LogP) is 3.94. The number of para-hydroxylation sites is 1. The quantitative estimate of drug-likeness (QED) is 0.780. The number of benzene rings is 2. The Morgan fingerprint density at radius 1 is 1.29 bits per heavy atom. The summed E-state index contributed by atoms with van der Waals surface area (Å²) in [7, 11) is 0. The summed E-state index contributed by atoms with van der Waals surface area (Å²) in [5, 5.41) is 2.88. The number of carbonyl (C=O) groups excluding carboxylic acids is 1. The average molecular weight is 397 g/mol. The zero-order valence-electron chi connectivity index (χ0n) is 11.1. The van der Waals surface area contributed by atoms with Gasteiger partial charge < -0.3 is 10.1 Å². The van der Waals surface area contributed by atoms with Crippen LogP contribution in [0.3, 0.4) is 0 Å². The molecular weight excluding hydrogens is 384 g/mol. The van der Waals surface area contributed by atoms with E-state index in [1.807, 2.05) is 46.9 Å². The minimum absolute atomic E-state index is 0.0877. The largest absolute Gasteiger partial charge is 0.493 e. The number of nitrogens with one attached hydrogen (secondary N) is 1. The molecule has 1 aliphatic rings. The first kappa shape index (κ1) is 14.3. The maximum Gasteiger partial charge on any atom is 0.232 e. The lowest BCUT2D eigenvalue weighted by molar-refractivity contribution is -0.118. The summed E-state index contributed by atoms with van der Waals surface area (Å²) >= 11 is 2.01. The van der Waals surface area contributed by atoms with Gasteiger partial charge in [0.25, 0.3) is 0 Å². The second-order valence-corrected chi connectivity index (χ2v) is 6.00. The van der Waals surface area contributed by atoms with E-state index < -0.39 is 0 Å². The molecule has 0 spiro atoms. The van der Waals surface area contributed by atoms with Crippen LogP contribution in [-0.4, -0.2) is 12.5 Å². The van der Waals surface area contributed by atoms with E-state index in [9.17, 15) is 9.18 Å². The Morgan fingerprint density at radius 2 is 2.10 bits per heavy atom. The van der Waals surface area contributed by atoms with Crippen LogP contribution in [0.25, 0.3) is 0 Å². The highest BCUT2D eigenvalue weighted by Gasteiger charge is 2.27. The first-order valence-electron chi connectivity index (χ1n) is 6.63. The van der Waals surface area contributed by atoms with E-state index in [4.69, 9.17) is 4.74 Å². The Kier molecular flexibility index (Phi) is 4.10. The topological polar surface area (TPSA) is 38.3 Å². The molecule has 0 bridgehead atoms. The van der Waals surface area contributed by atoms with Crippen LogP contribution in [0.1, 0.15) is 17.9 Å². The maximum atomic E-state index is 13.1. The lowest BCUT2D eigenvalue weighted by Crippen LogP contribution is -2.26. The van der Waals surface area contributed by atoms with Gasteiger partial charge in [-0.2, -0.15) is 0 Å². The van der Waals surface area contributed by atoms with Gasteiger partial charge in [-0.1, -0.05) is 18.2 Å². The van der Waals surface area contributed by atoms with Crippen molar-refractivity contribution < 1.29 is 13.9 Å². The number of ether oxygens (including phenoxy) is 1. The van der Waals surface area contributed by atoms with E-state index in [0.29, 0.717) is 22.3 Å². The minimum Gasteiger partial charge on any atom is -0.493 e. The number of hydrogen-bond donors (Lipinski definition) is 1. The molecule has 1 N–H and O–H groups in total. The number of anilines is 1. The van der Waals surface area contributed by atoms with Gasteiger partial charge in [-0.25, -0.2) is 4.39 Å². The molecular formula is C16H13FINO2. The molecule has 0 saturated heterocycles. The molecule has 2 aromatic rings. The highest BCUT2D eigenvalue weighted by molar-refractivity contribution is 14.1. The van der Waals surface area contributed by atoms with Gasteiger partial charge in [0.1, 0.15) is 11.6 Å². The third-order valence-corrected chi connectivity index (χ3v) is 4.36. The maximum absolute atomic E-state index is 13.1. The summed E-state index contributed by atoms with van der Waals surface area (Å²) < 4.78 is 19.3. The smallest absolute Gasteiger partial charge is 0.232 e. The molecule has 21 heavy (non-hydrogen) atoms. The SMILES string of the molecule is O=C(Nc1ccc(F)cc1I)C1CCOc2ccccc21. The Hall–Kier alpha value is -1.63. The predicted molar refractivity (Wildman–Crippen MR) is 87.0 cm³/mol. The van der Waals surface area contributed by atoms with Gasteiger partial charge in [0.2, 0.25) is 5.91 Å². The molecule has 0 aliphatic carbocycles. The van der Waals surface area contributed by atoms with Crippen molar-refractivity contribution in [2.45, 2.75) is 12.3 Å². The van der Waals surface area contributed by atoms with Gasteiger partial charge >= 0.3 is 0 Å². The van der Waals surface area contributed by atoms with Crippen molar-refractivity contribution in [1.82, 2.24) is 0 Å². The fourth-order valence-corrected chi connectivity index (χ4v) is 3.04. The molecule has 3 rings (SSSR count). The second kappa shape index (κ2) is 6.01. The first-order chi connectivity index (χ1) is 10.1. The third kappa shape index (κ3) is 3.02. The van der Waals surface area contributed by atoms with E-state index in [1.54, 1.807) is 6.07 Å². The highest BCUT2D eigenvalue weighted by atomic mass is 127. The number of hydrogen-bond acceptors (Lipinski definition) is 2. The van der Waals surface area contributed by atoms with Gasteiger partial charge in [-0.05, 0) is 53.3 Å². The lowest BCUT2D eigenvalue weighted by Gasteiger charge is -2.25. The van der Waals surface area contributed by atoms with Gasteiger partial charge in [-0.3, -0.25) is 4.79 Å². The Labute approximate surface area is 135 Å². The third-order valence-electron chi connectivity index (χ3n) is 3.46. The van der Waals surface area contributed by atoms with Crippen LogP contribution in [0, 0.1) is 9.39 Å². The van der Waals surface area contributed by atoms with Crippen molar-refractivity contribution >= 4 is 34.2 Å². The van der Waals surface area contributed by atoms with Crippen LogP contribution < -0.4 is 10.1 Å². The lowest BCUT2D eigenvalue weighted by atomic mass is 9.92. The number of rotatable bonds is 2. The van der Waals surface area contributed by atoms with Crippen LogP contribution in [0.15, 0.2) is 42.5 Å². The van der Waals surface area contributed by atoms with Gasteiger partial charge in [-0.15, -0.1) is 0 Å². The second-order valence-electron chi connectivity index (χ2n) is 4.84. The molecule has 1 heterocycles. The van der Waals surface area contributed by atoms with Crippen molar-refractivity contribution in [1.29, 1.82) is 0 Å². The normalized spacial score (nSPS) is 16.8. The number of carbonyl (C=O) groups is 1. The van der Waals surface area contributed by atoms with E-state index in [1.165, 1.54) is 12.1 Å². The summed E-state index contributed by atoms with van der Waals surface area (Å²) in [4.78, 5) is 12.5. The van der Waals surface area contributed by atoms with E-state index >= 15 is 0 Å². The van der Waals surface area contributed by atoms with Crippen molar-refractivity contribution in [3.05, 3.63) is 57.4 Å². The summed E-state index contributed by atoms with van der Waals surface area (Å²) in [6, 6.07) is 11.9. The molecule has 1 amide bonds. The van der Waals surface area contributed by atoms with E-state index in [-0.39, 0.29) is 17.6 Å². The van der Waals surface area contributed by atoms with Crippen LogP contribution in [-0.2, 0) is 4.79 Å². The molecule has 3 nitrogen and oxygen atoms in total. The molecule has 1 aliphatic heterocycles. The minimum atomic E-state index is -0.311. The molecule has 0 aromatic heterocycles. The molecule has 0 fully saturated rings. The summed E-state index contributed by atoms with van der Waals surface area (Å²) in [6.07, 6.45) is 0.640. The Morgan fingerprint density at radius 3 is 2.90 bits per heavy atom. The zero-order chi connectivity index (χ0) is 14.8. The number of amides is 1. The van der Waals surface area contributed by atoms with Crippen molar-refractivity contribution in [2.24, 2.45) is 0 Å². The van der Waals surface area contributed by atoms with Crippen molar-refractivity contribution in [2.75, 3.05) is 11.9 Å².